The molecule has 2 rings (SSSR count). The van der Waals surface area contributed by atoms with Gasteiger partial charge in [-0.15, -0.1) is 0 Å². The minimum atomic E-state index is -0.758. The summed E-state index contributed by atoms with van der Waals surface area (Å²) in [6.07, 6.45) is 1.69. The molecule has 0 atom stereocenters. The number of aromatic hydroxyl groups is 1. The number of phenols is 1. The molecule has 0 aliphatic rings. The van der Waals surface area contributed by atoms with E-state index in [0.717, 1.165) is 24.5 Å². The second kappa shape index (κ2) is 6.85. The average Bonchev–Trinajstić information content (AvgIpc) is 2.45. The van der Waals surface area contributed by atoms with Gasteiger partial charge in [-0.05, 0) is 49.2 Å². The van der Waals surface area contributed by atoms with E-state index < -0.39 is 11.7 Å². The Morgan fingerprint density at radius 1 is 1.24 bits per heavy atom. The first-order valence-corrected chi connectivity index (χ1v) is 6.69. The zero-order valence-corrected chi connectivity index (χ0v) is 11.5. The fraction of sp³-hybridized carbons (Fsp3) is 0.188. The Labute approximate surface area is 122 Å². The number of carbonyl (C=O) groups excluding carboxylic acids is 1. The number of amides is 1. The highest BCUT2D eigenvalue weighted by Gasteiger charge is 2.12. The van der Waals surface area contributed by atoms with E-state index >= 15 is 0 Å². The maximum Gasteiger partial charge on any atom is 0.258 e. The van der Waals surface area contributed by atoms with Crippen molar-refractivity contribution in [1.82, 2.24) is 0 Å². The normalized spacial score (nSPS) is 10.4. The van der Waals surface area contributed by atoms with E-state index in [0.29, 0.717) is 12.2 Å². The summed E-state index contributed by atoms with van der Waals surface area (Å²) in [5, 5.41) is 11.8. The lowest BCUT2D eigenvalue weighted by Crippen LogP contribution is -2.13. The van der Waals surface area contributed by atoms with E-state index in [-0.39, 0.29) is 11.3 Å². The lowest BCUT2D eigenvalue weighted by Gasteiger charge is -2.08. The Kier molecular flexibility index (Phi) is 4.90. The van der Waals surface area contributed by atoms with Crippen molar-refractivity contribution in [2.24, 2.45) is 5.73 Å². The number of anilines is 1. The third-order valence-corrected chi connectivity index (χ3v) is 3.05. The molecule has 0 aliphatic heterocycles. The van der Waals surface area contributed by atoms with Crippen LogP contribution in [0.3, 0.4) is 0 Å². The van der Waals surface area contributed by atoms with Gasteiger partial charge in [0.1, 0.15) is 11.6 Å². The van der Waals surface area contributed by atoms with Gasteiger partial charge in [0, 0.05) is 11.8 Å². The highest BCUT2D eigenvalue weighted by atomic mass is 19.1. The van der Waals surface area contributed by atoms with Gasteiger partial charge in [0.2, 0.25) is 0 Å². The second-order valence-electron chi connectivity index (χ2n) is 4.71. The minimum Gasteiger partial charge on any atom is -0.508 e. The van der Waals surface area contributed by atoms with Crippen LogP contribution in [0.4, 0.5) is 10.1 Å². The molecule has 4 nitrogen and oxygen atoms in total. The summed E-state index contributed by atoms with van der Waals surface area (Å²) < 4.78 is 13.6. The van der Waals surface area contributed by atoms with E-state index in [4.69, 9.17) is 10.8 Å². The molecule has 1 amide bonds. The van der Waals surface area contributed by atoms with Crippen molar-refractivity contribution >= 4 is 11.6 Å². The highest BCUT2D eigenvalue weighted by Crippen LogP contribution is 2.18. The quantitative estimate of drug-likeness (QED) is 0.791. The summed E-state index contributed by atoms with van der Waals surface area (Å²) in [6.45, 7) is 0.606. The molecule has 0 heterocycles. The van der Waals surface area contributed by atoms with Crippen LogP contribution in [-0.2, 0) is 6.42 Å². The van der Waals surface area contributed by atoms with Crippen molar-refractivity contribution in [2.45, 2.75) is 12.8 Å². The largest absolute Gasteiger partial charge is 0.508 e. The first-order valence-electron chi connectivity index (χ1n) is 6.69. The molecule has 0 unspecified atom stereocenters. The molecule has 0 radical (unpaired) electrons. The topological polar surface area (TPSA) is 75.3 Å². The molecule has 2 aromatic rings. The molecular formula is C16H17FN2O2. The van der Waals surface area contributed by atoms with Gasteiger partial charge in [0.15, 0.2) is 0 Å². The summed E-state index contributed by atoms with van der Waals surface area (Å²) in [6, 6.07) is 10.8. The van der Waals surface area contributed by atoms with Gasteiger partial charge in [-0.1, -0.05) is 12.1 Å². The maximum absolute atomic E-state index is 13.6. The number of hydrogen-bond donors (Lipinski definition) is 3. The van der Waals surface area contributed by atoms with Crippen LogP contribution in [0.25, 0.3) is 0 Å². The van der Waals surface area contributed by atoms with Crippen LogP contribution in [0, 0.1) is 5.82 Å². The molecule has 0 saturated heterocycles. The van der Waals surface area contributed by atoms with Gasteiger partial charge >= 0.3 is 0 Å². The fourth-order valence-electron chi connectivity index (χ4n) is 2.00. The third kappa shape index (κ3) is 4.03. The Balaban J connectivity index is 2.12. The highest BCUT2D eigenvalue weighted by molar-refractivity contribution is 6.04. The number of rotatable bonds is 5. The number of nitrogens with two attached hydrogens (primary N) is 1. The van der Waals surface area contributed by atoms with Crippen molar-refractivity contribution in [3.05, 3.63) is 59.4 Å². The van der Waals surface area contributed by atoms with Crippen molar-refractivity contribution in [2.75, 3.05) is 11.9 Å². The Bertz CT molecular complexity index is 644. The fourth-order valence-corrected chi connectivity index (χ4v) is 2.00. The summed E-state index contributed by atoms with van der Waals surface area (Å²) in [7, 11) is 0. The van der Waals surface area contributed by atoms with Crippen molar-refractivity contribution in [3.63, 3.8) is 0 Å². The molecule has 0 spiro atoms. The van der Waals surface area contributed by atoms with Gasteiger partial charge in [-0.3, -0.25) is 4.79 Å². The zero-order chi connectivity index (χ0) is 15.2. The summed E-state index contributed by atoms with van der Waals surface area (Å²) in [5.74, 6) is -1.52. The van der Waals surface area contributed by atoms with Crippen LogP contribution in [0.15, 0.2) is 42.5 Å². The van der Waals surface area contributed by atoms with Gasteiger partial charge in [0.25, 0.3) is 5.91 Å². The molecule has 2 aromatic carbocycles. The van der Waals surface area contributed by atoms with E-state index in [9.17, 15) is 9.18 Å². The molecule has 110 valence electrons. The van der Waals surface area contributed by atoms with Crippen LogP contribution >= 0.6 is 0 Å². The SMILES string of the molecule is NCCCc1cccc(NC(=O)c2ccc(O)cc2F)c1. The number of nitrogens with one attached hydrogen (secondary N) is 1. The van der Waals surface area contributed by atoms with E-state index in [1.165, 1.54) is 12.1 Å². The van der Waals surface area contributed by atoms with E-state index in [2.05, 4.69) is 5.32 Å². The van der Waals surface area contributed by atoms with Crippen molar-refractivity contribution in [1.29, 1.82) is 0 Å². The molecule has 21 heavy (non-hydrogen) atoms. The molecule has 4 N–H and O–H groups in total. The molecule has 0 aromatic heterocycles. The van der Waals surface area contributed by atoms with Gasteiger partial charge in [-0.2, -0.15) is 0 Å². The predicted octanol–water partition coefficient (Wildman–Crippen LogP) is 2.67. The number of aryl methyl sites for hydroxylation is 1. The maximum atomic E-state index is 13.6. The molecule has 5 heteroatoms. The lowest BCUT2D eigenvalue weighted by molar-refractivity contribution is 0.102. The first kappa shape index (κ1) is 15.0. The summed E-state index contributed by atoms with van der Waals surface area (Å²) >= 11 is 0. The monoisotopic (exact) mass is 288 g/mol. The molecule has 0 bridgehead atoms. The van der Waals surface area contributed by atoms with Crippen LogP contribution < -0.4 is 11.1 Å². The van der Waals surface area contributed by atoms with Crippen LogP contribution in [0.2, 0.25) is 0 Å². The second-order valence-corrected chi connectivity index (χ2v) is 4.71. The Morgan fingerprint density at radius 2 is 2.05 bits per heavy atom. The van der Waals surface area contributed by atoms with Crippen molar-refractivity contribution < 1.29 is 14.3 Å². The third-order valence-electron chi connectivity index (χ3n) is 3.05. The van der Waals surface area contributed by atoms with E-state index in [1.54, 1.807) is 6.07 Å². The van der Waals surface area contributed by atoms with Gasteiger partial charge in [0.05, 0.1) is 5.56 Å². The molecule has 0 saturated carbocycles. The van der Waals surface area contributed by atoms with Crippen LogP contribution in [0.5, 0.6) is 5.75 Å². The smallest absolute Gasteiger partial charge is 0.258 e. The minimum absolute atomic E-state index is 0.111. The summed E-state index contributed by atoms with van der Waals surface area (Å²) in [5.41, 5.74) is 7.02. The van der Waals surface area contributed by atoms with Crippen LogP contribution in [-0.4, -0.2) is 17.6 Å². The lowest BCUT2D eigenvalue weighted by atomic mass is 10.1. The number of carbonyl (C=O) groups is 1. The van der Waals surface area contributed by atoms with Gasteiger partial charge in [-0.25, -0.2) is 4.39 Å². The zero-order valence-electron chi connectivity index (χ0n) is 11.5. The predicted molar refractivity (Wildman–Crippen MR) is 79.8 cm³/mol. The average molecular weight is 288 g/mol. The molecular weight excluding hydrogens is 271 g/mol. The Morgan fingerprint density at radius 3 is 2.76 bits per heavy atom. The van der Waals surface area contributed by atoms with Crippen molar-refractivity contribution in [3.8, 4) is 5.75 Å². The number of benzene rings is 2. The number of halogens is 1. The van der Waals surface area contributed by atoms with Crippen LogP contribution in [0.1, 0.15) is 22.3 Å². The number of hydrogen-bond acceptors (Lipinski definition) is 3. The Hall–Kier alpha value is -2.40. The number of phenolic OH excluding ortho intramolecular Hbond substituents is 1. The standard InChI is InChI=1S/C16H17FN2O2/c17-15-10-13(20)6-7-14(15)16(21)19-12-5-1-3-11(9-12)4-2-8-18/h1,3,5-7,9-10,20H,2,4,8,18H2,(H,19,21). The molecule has 0 aliphatic carbocycles. The van der Waals surface area contributed by atoms with Gasteiger partial charge < -0.3 is 16.2 Å². The first-order chi connectivity index (χ1) is 10.1. The summed E-state index contributed by atoms with van der Waals surface area (Å²) in [4.78, 5) is 12.0. The molecule has 0 fully saturated rings. The van der Waals surface area contributed by atoms with E-state index in [1.807, 2.05) is 18.2 Å².